The molecule has 6 heteroatoms. The smallest absolute Gasteiger partial charge is 0.196 e. The van der Waals surface area contributed by atoms with Crippen molar-refractivity contribution in [3.8, 4) is 27.7 Å². The van der Waals surface area contributed by atoms with Crippen LogP contribution in [0.3, 0.4) is 0 Å². The molecule has 3 aromatic carbocycles. The van der Waals surface area contributed by atoms with Gasteiger partial charge in [0.15, 0.2) is 12.1 Å². The van der Waals surface area contributed by atoms with Crippen molar-refractivity contribution >= 4 is 27.2 Å². The van der Waals surface area contributed by atoms with Crippen molar-refractivity contribution in [2.75, 3.05) is 20.8 Å². The number of ether oxygens (including phenoxy) is 4. The molecule has 0 saturated heterocycles. The number of fused-ring (bicyclic) bond motifs is 1. The van der Waals surface area contributed by atoms with Gasteiger partial charge in [0, 0.05) is 32.7 Å². The molecular formula is C27H26O5S. The van der Waals surface area contributed by atoms with Crippen LogP contribution in [0.25, 0.3) is 20.5 Å². The first-order chi connectivity index (χ1) is 16.0. The average molecular weight is 463 g/mol. The minimum Gasteiger partial charge on any atom is -0.497 e. The Bertz CT molecular complexity index is 1240. The summed E-state index contributed by atoms with van der Waals surface area (Å²) in [6.07, 6.45) is -0.353. The second-order valence-electron chi connectivity index (χ2n) is 7.39. The molecule has 33 heavy (non-hydrogen) atoms. The van der Waals surface area contributed by atoms with Gasteiger partial charge in [0.05, 0.1) is 14.2 Å². The molecule has 0 bridgehead atoms. The first-order valence-corrected chi connectivity index (χ1v) is 11.5. The predicted molar refractivity (Wildman–Crippen MR) is 132 cm³/mol. The number of ketones is 1. The fraction of sp³-hybridized carbons (Fsp3) is 0.222. The molecule has 170 valence electrons. The highest BCUT2D eigenvalue weighted by molar-refractivity contribution is 7.22. The largest absolute Gasteiger partial charge is 0.497 e. The van der Waals surface area contributed by atoms with Crippen molar-refractivity contribution in [3.63, 3.8) is 0 Å². The van der Waals surface area contributed by atoms with E-state index in [0.717, 1.165) is 32.0 Å². The Kier molecular flexibility index (Phi) is 6.96. The van der Waals surface area contributed by atoms with Crippen molar-refractivity contribution in [1.29, 1.82) is 0 Å². The molecule has 0 radical (unpaired) electrons. The average Bonchev–Trinajstić information content (AvgIpc) is 3.23. The van der Waals surface area contributed by atoms with E-state index in [1.807, 2.05) is 56.3 Å². The van der Waals surface area contributed by atoms with Crippen molar-refractivity contribution in [2.24, 2.45) is 0 Å². The van der Waals surface area contributed by atoms with Gasteiger partial charge < -0.3 is 18.9 Å². The van der Waals surface area contributed by atoms with Gasteiger partial charge in [-0.15, -0.1) is 11.3 Å². The number of methoxy groups -OCH3 is 2. The van der Waals surface area contributed by atoms with Gasteiger partial charge in [-0.1, -0.05) is 0 Å². The van der Waals surface area contributed by atoms with Gasteiger partial charge >= 0.3 is 0 Å². The Morgan fingerprint density at radius 1 is 0.879 bits per heavy atom. The summed E-state index contributed by atoms with van der Waals surface area (Å²) in [5, 5.41) is 0.905. The second-order valence-corrected chi connectivity index (χ2v) is 8.44. The molecule has 0 aliphatic carbocycles. The van der Waals surface area contributed by atoms with Crippen LogP contribution in [0.5, 0.6) is 17.2 Å². The van der Waals surface area contributed by atoms with Gasteiger partial charge in [-0.25, -0.2) is 0 Å². The molecule has 5 nitrogen and oxygen atoms in total. The van der Waals surface area contributed by atoms with Crippen molar-refractivity contribution in [2.45, 2.75) is 20.1 Å². The Morgan fingerprint density at radius 2 is 1.52 bits per heavy atom. The molecule has 0 aliphatic rings. The highest BCUT2D eigenvalue weighted by Crippen LogP contribution is 2.41. The highest BCUT2D eigenvalue weighted by Gasteiger charge is 2.22. The van der Waals surface area contributed by atoms with E-state index in [0.29, 0.717) is 23.5 Å². The van der Waals surface area contributed by atoms with Crippen LogP contribution in [0.4, 0.5) is 0 Å². The zero-order chi connectivity index (χ0) is 23.4. The zero-order valence-corrected chi connectivity index (χ0v) is 19.9. The first kappa shape index (κ1) is 22.8. The molecule has 0 aliphatic heterocycles. The van der Waals surface area contributed by atoms with Crippen molar-refractivity contribution < 1.29 is 23.7 Å². The number of rotatable bonds is 9. The number of thiophene rings is 1. The van der Waals surface area contributed by atoms with Crippen LogP contribution in [-0.4, -0.2) is 32.9 Å². The van der Waals surface area contributed by atoms with E-state index in [4.69, 9.17) is 18.9 Å². The Balaban J connectivity index is 1.75. The molecule has 0 spiro atoms. The molecule has 1 atom stereocenters. The third kappa shape index (κ3) is 4.87. The fourth-order valence-electron chi connectivity index (χ4n) is 3.66. The van der Waals surface area contributed by atoms with Gasteiger partial charge in [-0.2, -0.15) is 0 Å². The molecule has 4 aromatic rings. The van der Waals surface area contributed by atoms with E-state index in [9.17, 15) is 4.79 Å². The number of carbonyl (C=O) groups is 1. The molecule has 4 rings (SSSR count). The summed E-state index contributed by atoms with van der Waals surface area (Å²) in [5.74, 6) is 2.14. The minimum atomic E-state index is -0.353. The summed E-state index contributed by atoms with van der Waals surface area (Å²) in [4.78, 5) is 14.6. The Hall–Kier alpha value is -3.35. The van der Waals surface area contributed by atoms with Crippen molar-refractivity contribution in [1.82, 2.24) is 0 Å². The maximum absolute atomic E-state index is 13.7. The molecule has 0 N–H and O–H groups in total. The molecule has 0 saturated carbocycles. The summed E-state index contributed by atoms with van der Waals surface area (Å²) in [5.41, 5.74) is 2.24. The summed E-state index contributed by atoms with van der Waals surface area (Å²) in [6.45, 7) is 4.33. The molecule has 1 unspecified atom stereocenters. The standard InChI is InChI=1S/C27H26O5S/c1-5-31-17(2)32-21-12-6-18(7-13-21)26(28)25-23-15-14-22(30-4)16-24(23)33-27(25)19-8-10-20(29-3)11-9-19/h6-17H,5H2,1-4H3. The van der Waals surface area contributed by atoms with E-state index in [-0.39, 0.29) is 12.1 Å². The van der Waals surface area contributed by atoms with Gasteiger partial charge in [0.2, 0.25) is 0 Å². The second kappa shape index (κ2) is 10.1. The van der Waals surface area contributed by atoms with Gasteiger partial charge in [-0.05, 0) is 86.1 Å². The summed E-state index contributed by atoms with van der Waals surface area (Å²) < 4.78 is 22.8. The van der Waals surface area contributed by atoms with Crippen LogP contribution in [0.2, 0.25) is 0 Å². The minimum absolute atomic E-state index is 0.0401. The summed E-state index contributed by atoms with van der Waals surface area (Å²) in [6, 6.07) is 20.7. The Morgan fingerprint density at radius 3 is 2.15 bits per heavy atom. The van der Waals surface area contributed by atoms with Crippen LogP contribution in [0.1, 0.15) is 29.8 Å². The maximum atomic E-state index is 13.7. The molecule has 1 heterocycles. The van der Waals surface area contributed by atoms with E-state index in [1.54, 1.807) is 49.8 Å². The van der Waals surface area contributed by atoms with Gasteiger partial charge in [0.1, 0.15) is 17.2 Å². The molecule has 0 fully saturated rings. The van der Waals surface area contributed by atoms with Crippen LogP contribution in [0, 0.1) is 0 Å². The van der Waals surface area contributed by atoms with E-state index >= 15 is 0 Å². The SMILES string of the molecule is CCOC(C)Oc1ccc(C(=O)c2c(-c3ccc(OC)cc3)sc3cc(OC)ccc23)cc1. The van der Waals surface area contributed by atoms with Crippen LogP contribution in [-0.2, 0) is 4.74 Å². The fourth-order valence-corrected chi connectivity index (χ4v) is 4.90. The number of hydrogen-bond acceptors (Lipinski definition) is 6. The maximum Gasteiger partial charge on any atom is 0.196 e. The Labute approximate surface area is 197 Å². The lowest BCUT2D eigenvalue weighted by molar-refractivity contribution is -0.0613. The highest BCUT2D eigenvalue weighted by atomic mass is 32.1. The monoisotopic (exact) mass is 462 g/mol. The van der Waals surface area contributed by atoms with Gasteiger partial charge in [-0.3, -0.25) is 4.79 Å². The van der Waals surface area contributed by atoms with E-state index < -0.39 is 0 Å². The molecular weight excluding hydrogens is 436 g/mol. The van der Waals surface area contributed by atoms with Crippen LogP contribution < -0.4 is 14.2 Å². The quantitative estimate of drug-likeness (QED) is 0.208. The number of benzene rings is 3. The zero-order valence-electron chi connectivity index (χ0n) is 19.1. The third-order valence-corrected chi connectivity index (χ3v) is 6.50. The first-order valence-electron chi connectivity index (χ1n) is 10.7. The third-order valence-electron chi connectivity index (χ3n) is 5.30. The van der Waals surface area contributed by atoms with Crippen LogP contribution >= 0.6 is 11.3 Å². The van der Waals surface area contributed by atoms with E-state index in [2.05, 4.69) is 0 Å². The molecule has 1 aromatic heterocycles. The predicted octanol–water partition coefficient (Wildman–Crippen LogP) is 6.58. The number of hydrogen-bond donors (Lipinski definition) is 0. The lowest BCUT2D eigenvalue weighted by Gasteiger charge is -2.14. The van der Waals surface area contributed by atoms with Crippen molar-refractivity contribution in [3.05, 3.63) is 77.9 Å². The lowest BCUT2D eigenvalue weighted by atomic mass is 9.97. The summed E-state index contributed by atoms with van der Waals surface area (Å²) in [7, 11) is 3.28. The van der Waals surface area contributed by atoms with E-state index in [1.165, 1.54) is 0 Å². The summed E-state index contributed by atoms with van der Waals surface area (Å²) >= 11 is 1.58. The van der Waals surface area contributed by atoms with Crippen LogP contribution in [0.15, 0.2) is 66.7 Å². The van der Waals surface area contributed by atoms with Gasteiger partial charge in [0.25, 0.3) is 0 Å². The number of carbonyl (C=O) groups excluding carboxylic acids is 1. The lowest BCUT2D eigenvalue weighted by Crippen LogP contribution is -2.15. The normalized spacial score (nSPS) is 11.9. The molecule has 0 amide bonds. The topological polar surface area (TPSA) is 54.0 Å².